The number of nitro groups is 1. The predicted molar refractivity (Wildman–Crippen MR) is 76.1 cm³/mol. The number of aromatic nitrogens is 1. The second-order valence-corrected chi connectivity index (χ2v) is 5.43. The van der Waals surface area contributed by atoms with E-state index < -0.39 is 28.4 Å². The highest BCUT2D eigenvalue weighted by atomic mass is 16.6. The molecule has 120 valence electrons. The van der Waals surface area contributed by atoms with Gasteiger partial charge in [-0.05, 0) is 43.7 Å². The highest BCUT2D eigenvalue weighted by Crippen LogP contribution is 2.23. The van der Waals surface area contributed by atoms with Crippen LogP contribution in [0.25, 0.3) is 0 Å². The molecule has 1 rings (SSSR count). The molecule has 0 amide bonds. The third kappa shape index (κ3) is 4.80. The molecular weight excluding hydrogens is 292 g/mol. The molecule has 0 spiro atoms. The van der Waals surface area contributed by atoms with Crippen LogP contribution in [0, 0.1) is 10.1 Å². The van der Waals surface area contributed by atoms with E-state index in [2.05, 4.69) is 4.98 Å². The summed E-state index contributed by atoms with van der Waals surface area (Å²) in [6.45, 7) is 6.71. The van der Waals surface area contributed by atoms with Crippen molar-refractivity contribution in [3.63, 3.8) is 0 Å². The van der Waals surface area contributed by atoms with Crippen molar-refractivity contribution in [2.24, 2.45) is 0 Å². The molecule has 0 aromatic carbocycles. The molecule has 1 aromatic rings. The van der Waals surface area contributed by atoms with E-state index in [4.69, 9.17) is 9.47 Å². The van der Waals surface area contributed by atoms with E-state index in [0.717, 1.165) is 12.3 Å². The van der Waals surface area contributed by atoms with Crippen LogP contribution in [0.1, 0.15) is 39.2 Å². The van der Waals surface area contributed by atoms with Gasteiger partial charge in [-0.2, -0.15) is 0 Å². The van der Waals surface area contributed by atoms with Gasteiger partial charge in [0.15, 0.2) is 5.92 Å². The van der Waals surface area contributed by atoms with E-state index in [1.165, 1.54) is 6.07 Å². The zero-order chi connectivity index (χ0) is 16.9. The number of nitrogens with zero attached hydrogens (tertiary/aromatic N) is 2. The fraction of sp³-hybridized carbons (Fsp3) is 0.500. The van der Waals surface area contributed by atoms with Gasteiger partial charge in [0.2, 0.25) is 0 Å². The van der Waals surface area contributed by atoms with E-state index in [0.29, 0.717) is 0 Å². The predicted octanol–water partition coefficient (Wildman–Crippen LogP) is 1.98. The van der Waals surface area contributed by atoms with E-state index in [1.54, 1.807) is 27.7 Å². The molecule has 22 heavy (non-hydrogen) atoms. The van der Waals surface area contributed by atoms with Gasteiger partial charge in [-0.25, -0.2) is 0 Å². The molecule has 0 N–H and O–H groups in total. The third-order valence-corrected chi connectivity index (χ3v) is 2.46. The Morgan fingerprint density at radius 3 is 2.36 bits per heavy atom. The van der Waals surface area contributed by atoms with E-state index >= 15 is 0 Å². The Hall–Kier alpha value is -2.51. The SMILES string of the molecule is CCOC(=O)[C@H](C(=O)OC(C)(C)C)c1ccc([N+](=O)[O-])nc1. The Kier molecular flexibility index (Phi) is 5.56. The van der Waals surface area contributed by atoms with Crippen molar-refractivity contribution < 1.29 is 24.0 Å². The lowest BCUT2D eigenvalue weighted by atomic mass is 10.0. The van der Waals surface area contributed by atoms with Crippen LogP contribution >= 0.6 is 0 Å². The van der Waals surface area contributed by atoms with Crippen LogP contribution in [-0.2, 0) is 19.1 Å². The number of ether oxygens (including phenoxy) is 2. The van der Waals surface area contributed by atoms with Crippen molar-refractivity contribution in [1.29, 1.82) is 0 Å². The molecule has 0 radical (unpaired) electrons. The van der Waals surface area contributed by atoms with E-state index in [9.17, 15) is 19.7 Å². The monoisotopic (exact) mass is 310 g/mol. The summed E-state index contributed by atoms with van der Waals surface area (Å²) in [5, 5.41) is 10.6. The molecule has 0 saturated heterocycles. The van der Waals surface area contributed by atoms with Crippen molar-refractivity contribution in [2.75, 3.05) is 6.61 Å². The van der Waals surface area contributed by atoms with Crippen molar-refractivity contribution in [3.05, 3.63) is 34.0 Å². The van der Waals surface area contributed by atoms with Crippen molar-refractivity contribution in [2.45, 2.75) is 39.2 Å². The first kappa shape index (κ1) is 17.5. The number of carbonyl (C=O) groups is 2. The Bertz CT molecular complexity index is 562. The van der Waals surface area contributed by atoms with Crippen LogP contribution < -0.4 is 0 Å². The van der Waals surface area contributed by atoms with E-state index in [1.807, 2.05) is 0 Å². The molecule has 1 heterocycles. The van der Waals surface area contributed by atoms with Gasteiger partial charge in [-0.15, -0.1) is 0 Å². The molecule has 1 aromatic heterocycles. The zero-order valence-electron chi connectivity index (χ0n) is 12.9. The Morgan fingerprint density at radius 1 is 1.32 bits per heavy atom. The van der Waals surface area contributed by atoms with Crippen LogP contribution in [0.5, 0.6) is 0 Å². The maximum Gasteiger partial charge on any atom is 0.363 e. The molecule has 0 unspecified atom stereocenters. The zero-order valence-corrected chi connectivity index (χ0v) is 12.9. The van der Waals surface area contributed by atoms with E-state index in [-0.39, 0.29) is 18.0 Å². The maximum absolute atomic E-state index is 12.2. The van der Waals surface area contributed by atoms with Crippen molar-refractivity contribution >= 4 is 17.8 Å². The Labute approximate surface area is 127 Å². The van der Waals surface area contributed by atoms with Crippen LogP contribution in [0.2, 0.25) is 0 Å². The van der Waals surface area contributed by atoms with Gasteiger partial charge < -0.3 is 19.6 Å². The van der Waals surface area contributed by atoms with Crippen molar-refractivity contribution in [1.82, 2.24) is 4.98 Å². The summed E-state index contributed by atoms with van der Waals surface area (Å²) in [6, 6.07) is 2.41. The first-order valence-electron chi connectivity index (χ1n) is 6.65. The molecule has 8 heteroatoms. The summed E-state index contributed by atoms with van der Waals surface area (Å²) < 4.78 is 10.1. The quantitative estimate of drug-likeness (QED) is 0.354. The fourth-order valence-corrected chi connectivity index (χ4v) is 1.63. The molecule has 0 bridgehead atoms. The third-order valence-electron chi connectivity index (χ3n) is 2.46. The summed E-state index contributed by atoms with van der Waals surface area (Å²) in [5.74, 6) is -3.28. The first-order valence-corrected chi connectivity index (χ1v) is 6.65. The molecular formula is C14H18N2O6. The lowest BCUT2D eigenvalue weighted by Gasteiger charge is -2.22. The lowest BCUT2D eigenvalue weighted by molar-refractivity contribution is -0.389. The largest absolute Gasteiger partial charge is 0.465 e. The molecule has 0 aliphatic heterocycles. The van der Waals surface area contributed by atoms with Crippen LogP contribution in [0.3, 0.4) is 0 Å². The molecule has 0 saturated carbocycles. The highest BCUT2D eigenvalue weighted by molar-refractivity contribution is 6.00. The van der Waals surface area contributed by atoms with Crippen LogP contribution in [-0.4, -0.2) is 34.1 Å². The lowest BCUT2D eigenvalue weighted by Crippen LogP contribution is -2.32. The van der Waals surface area contributed by atoms with Crippen LogP contribution in [0.15, 0.2) is 18.3 Å². The molecule has 8 nitrogen and oxygen atoms in total. The number of esters is 2. The highest BCUT2D eigenvalue weighted by Gasteiger charge is 2.35. The normalized spacial score (nSPS) is 12.4. The smallest absolute Gasteiger partial charge is 0.363 e. The Balaban J connectivity index is 3.12. The van der Waals surface area contributed by atoms with Crippen molar-refractivity contribution in [3.8, 4) is 0 Å². The molecule has 0 fully saturated rings. The second kappa shape index (κ2) is 6.97. The second-order valence-electron chi connectivity index (χ2n) is 5.43. The number of rotatable bonds is 5. The van der Waals surface area contributed by atoms with Gasteiger partial charge in [-0.1, -0.05) is 0 Å². The van der Waals surface area contributed by atoms with Crippen LogP contribution in [0.4, 0.5) is 5.82 Å². The van der Waals surface area contributed by atoms with Gasteiger partial charge in [-0.3, -0.25) is 9.59 Å². The summed E-state index contributed by atoms with van der Waals surface area (Å²) >= 11 is 0. The average Bonchev–Trinajstić information content (AvgIpc) is 2.37. The number of carbonyl (C=O) groups excluding carboxylic acids is 2. The van der Waals surface area contributed by atoms with Gasteiger partial charge in [0.1, 0.15) is 11.8 Å². The topological polar surface area (TPSA) is 109 Å². The minimum absolute atomic E-state index is 0.0958. The summed E-state index contributed by atoms with van der Waals surface area (Å²) in [5.41, 5.74) is -0.603. The minimum Gasteiger partial charge on any atom is -0.465 e. The molecule has 0 aliphatic carbocycles. The number of hydrogen-bond donors (Lipinski definition) is 0. The van der Waals surface area contributed by atoms with Gasteiger partial charge in [0, 0.05) is 11.6 Å². The average molecular weight is 310 g/mol. The fourth-order valence-electron chi connectivity index (χ4n) is 1.63. The number of hydrogen-bond acceptors (Lipinski definition) is 7. The summed E-state index contributed by atoms with van der Waals surface area (Å²) in [4.78, 5) is 37.8. The number of pyridine rings is 1. The molecule has 1 atom stereocenters. The standard InChI is InChI=1S/C14H18N2O6/c1-5-21-12(17)11(13(18)22-14(2,3)4)9-6-7-10(15-8-9)16(19)20/h6-8,11H,5H2,1-4H3/t11-/m1/s1. The van der Waals surface area contributed by atoms with Gasteiger partial charge >= 0.3 is 17.8 Å². The van der Waals surface area contributed by atoms with Gasteiger partial charge in [0.05, 0.1) is 6.61 Å². The maximum atomic E-state index is 12.2. The molecule has 0 aliphatic rings. The Morgan fingerprint density at radius 2 is 1.95 bits per heavy atom. The summed E-state index contributed by atoms with van der Waals surface area (Å²) in [6.07, 6.45) is 1.10. The van der Waals surface area contributed by atoms with Gasteiger partial charge in [0.25, 0.3) is 0 Å². The first-order chi connectivity index (χ1) is 10.2. The minimum atomic E-state index is -1.33. The summed E-state index contributed by atoms with van der Waals surface area (Å²) in [7, 11) is 0.